The van der Waals surface area contributed by atoms with Gasteiger partial charge in [-0.15, -0.1) is 0 Å². The molecule has 0 aliphatic heterocycles. The summed E-state index contributed by atoms with van der Waals surface area (Å²) < 4.78 is 12.5. The maximum absolute atomic E-state index is 12.5. The molecule has 0 bridgehead atoms. The Kier molecular flexibility index (Phi) is 2.05. The van der Waals surface area contributed by atoms with Crippen LogP contribution >= 0.6 is 0 Å². The summed E-state index contributed by atoms with van der Waals surface area (Å²) in [7, 11) is 0. The van der Waals surface area contributed by atoms with Gasteiger partial charge in [0.15, 0.2) is 0 Å². The number of rotatable bonds is 1. The van der Waals surface area contributed by atoms with Crippen molar-refractivity contribution in [1.29, 1.82) is 0 Å². The van der Waals surface area contributed by atoms with Crippen LogP contribution in [0.25, 0.3) is 0 Å². The summed E-state index contributed by atoms with van der Waals surface area (Å²) >= 11 is 0. The first-order chi connectivity index (χ1) is 4.70. The van der Waals surface area contributed by atoms with E-state index in [1.54, 1.807) is 6.07 Å². The van der Waals surface area contributed by atoms with Crippen LogP contribution in [0.5, 0.6) is 0 Å². The molecular formula is C9H10F. The molecule has 0 amide bonds. The number of benzene rings is 1. The van der Waals surface area contributed by atoms with Crippen molar-refractivity contribution >= 4 is 0 Å². The van der Waals surface area contributed by atoms with E-state index in [1.165, 1.54) is 12.1 Å². The average Bonchev–Trinajstić information content (AvgIpc) is 1.88. The monoisotopic (exact) mass is 137 g/mol. The highest BCUT2D eigenvalue weighted by Gasteiger charge is 1.98. The van der Waals surface area contributed by atoms with Gasteiger partial charge in [0.25, 0.3) is 0 Å². The van der Waals surface area contributed by atoms with Gasteiger partial charge in [-0.1, -0.05) is 26.0 Å². The van der Waals surface area contributed by atoms with Gasteiger partial charge in [0.2, 0.25) is 0 Å². The predicted octanol–water partition coefficient (Wildman–Crippen LogP) is 2.79. The smallest absolute Gasteiger partial charge is 0.123 e. The first kappa shape index (κ1) is 7.26. The van der Waals surface area contributed by atoms with E-state index >= 15 is 0 Å². The van der Waals surface area contributed by atoms with Crippen LogP contribution in [0.15, 0.2) is 24.3 Å². The summed E-state index contributed by atoms with van der Waals surface area (Å²) in [6, 6.07) is 6.61. The number of halogens is 1. The molecule has 0 heterocycles. The molecule has 10 heavy (non-hydrogen) atoms. The summed E-state index contributed by atoms with van der Waals surface area (Å²) in [4.78, 5) is 0. The summed E-state index contributed by atoms with van der Waals surface area (Å²) in [5.74, 6) is 0.971. The van der Waals surface area contributed by atoms with Crippen molar-refractivity contribution in [1.82, 2.24) is 0 Å². The minimum absolute atomic E-state index is 0.168. The van der Waals surface area contributed by atoms with Gasteiger partial charge in [-0.3, -0.25) is 0 Å². The van der Waals surface area contributed by atoms with Gasteiger partial charge in [-0.25, -0.2) is 4.39 Å². The fourth-order valence-corrected chi connectivity index (χ4v) is 0.799. The van der Waals surface area contributed by atoms with Crippen molar-refractivity contribution < 1.29 is 4.39 Å². The van der Waals surface area contributed by atoms with Gasteiger partial charge in [0.1, 0.15) is 5.82 Å². The zero-order valence-corrected chi connectivity index (χ0v) is 6.19. The summed E-state index contributed by atoms with van der Waals surface area (Å²) in [6.07, 6.45) is 0. The van der Waals surface area contributed by atoms with Crippen LogP contribution in [0.3, 0.4) is 0 Å². The normalized spacial score (nSPS) is 10.4. The average molecular weight is 137 g/mol. The van der Waals surface area contributed by atoms with Crippen LogP contribution < -0.4 is 0 Å². The Labute approximate surface area is 60.7 Å². The van der Waals surface area contributed by atoms with Crippen LogP contribution in [0, 0.1) is 11.7 Å². The second-order valence-corrected chi connectivity index (χ2v) is 2.51. The van der Waals surface area contributed by atoms with Crippen molar-refractivity contribution in [3.8, 4) is 0 Å². The lowest BCUT2D eigenvalue weighted by Gasteiger charge is -2.02. The van der Waals surface area contributed by atoms with E-state index < -0.39 is 0 Å². The van der Waals surface area contributed by atoms with E-state index in [1.807, 2.05) is 19.9 Å². The Balaban J connectivity index is 2.96. The quantitative estimate of drug-likeness (QED) is 0.558. The molecule has 0 saturated carbocycles. The molecule has 0 fully saturated rings. The standard InChI is InChI=1S/C9H10F/c1-7(2)8-4-3-5-9(10)6-8/h3-6H,1-2H3. The predicted molar refractivity (Wildman–Crippen MR) is 40.1 cm³/mol. The Morgan fingerprint density at radius 3 is 2.40 bits per heavy atom. The summed E-state index contributed by atoms with van der Waals surface area (Å²) in [6.45, 7) is 3.93. The first-order valence-electron chi connectivity index (χ1n) is 3.26. The molecule has 0 aliphatic carbocycles. The largest absolute Gasteiger partial charge is 0.207 e. The molecular weight excluding hydrogens is 127 g/mol. The van der Waals surface area contributed by atoms with Crippen LogP contribution in [-0.4, -0.2) is 0 Å². The molecule has 0 atom stereocenters. The highest BCUT2D eigenvalue weighted by atomic mass is 19.1. The van der Waals surface area contributed by atoms with Crippen molar-refractivity contribution in [2.24, 2.45) is 0 Å². The van der Waals surface area contributed by atoms with Gasteiger partial charge in [-0.2, -0.15) is 0 Å². The van der Waals surface area contributed by atoms with Crippen LogP contribution in [0.2, 0.25) is 0 Å². The molecule has 0 N–H and O–H groups in total. The third-order valence-corrected chi connectivity index (χ3v) is 1.40. The lowest BCUT2D eigenvalue weighted by Crippen LogP contribution is -1.87. The lowest BCUT2D eigenvalue weighted by molar-refractivity contribution is 0.626. The van der Waals surface area contributed by atoms with E-state index in [-0.39, 0.29) is 5.82 Å². The van der Waals surface area contributed by atoms with Gasteiger partial charge < -0.3 is 0 Å². The Bertz CT molecular complexity index is 216. The Morgan fingerprint density at radius 1 is 1.30 bits per heavy atom. The second kappa shape index (κ2) is 2.82. The Hall–Kier alpha value is -0.850. The molecule has 0 spiro atoms. The molecule has 53 valence electrons. The molecule has 1 rings (SSSR count). The molecule has 0 saturated heterocycles. The maximum Gasteiger partial charge on any atom is 0.123 e. The van der Waals surface area contributed by atoms with E-state index in [9.17, 15) is 4.39 Å². The molecule has 0 unspecified atom stereocenters. The third-order valence-electron chi connectivity index (χ3n) is 1.40. The van der Waals surface area contributed by atoms with E-state index in [0.717, 1.165) is 11.5 Å². The summed E-state index contributed by atoms with van der Waals surface area (Å²) in [5, 5.41) is 0. The first-order valence-corrected chi connectivity index (χ1v) is 3.26. The van der Waals surface area contributed by atoms with Gasteiger partial charge >= 0.3 is 0 Å². The van der Waals surface area contributed by atoms with Crippen LogP contribution in [0.1, 0.15) is 19.4 Å². The van der Waals surface area contributed by atoms with Crippen molar-refractivity contribution in [3.05, 3.63) is 41.6 Å². The number of hydrogen-bond donors (Lipinski definition) is 0. The SMILES string of the molecule is C[C](C)c1cccc(F)c1. The molecule has 1 aromatic carbocycles. The zero-order chi connectivity index (χ0) is 7.56. The highest BCUT2D eigenvalue weighted by molar-refractivity contribution is 5.28. The maximum atomic E-state index is 12.5. The Morgan fingerprint density at radius 2 is 2.00 bits per heavy atom. The molecule has 1 aromatic rings. The van der Waals surface area contributed by atoms with E-state index in [0.29, 0.717) is 0 Å². The topological polar surface area (TPSA) is 0 Å². The second-order valence-electron chi connectivity index (χ2n) is 2.51. The van der Waals surface area contributed by atoms with Gasteiger partial charge in [0.05, 0.1) is 0 Å². The van der Waals surface area contributed by atoms with Crippen LogP contribution in [-0.2, 0) is 0 Å². The highest BCUT2D eigenvalue weighted by Crippen LogP contribution is 2.13. The zero-order valence-electron chi connectivity index (χ0n) is 6.19. The van der Waals surface area contributed by atoms with Gasteiger partial charge in [-0.05, 0) is 23.6 Å². The number of hydrogen-bond acceptors (Lipinski definition) is 0. The molecule has 1 radical (unpaired) electrons. The minimum Gasteiger partial charge on any atom is -0.207 e. The van der Waals surface area contributed by atoms with E-state index in [4.69, 9.17) is 0 Å². The lowest BCUT2D eigenvalue weighted by atomic mass is 10.0. The van der Waals surface area contributed by atoms with E-state index in [2.05, 4.69) is 0 Å². The molecule has 0 aliphatic rings. The van der Waals surface area contributed by atoms with Gasteiger partial charge in [0, 0.05) is 0 Å². The van der Waals surface area contributed by atoms with Crippen molar-refractivity contribution in [2.45, 2.75) is 13.8 Å². The van der Waals surface area contributed by atoms with Crippen LogP contribution in [0.4, 0.5) is 4.39 Å². The fourth-order valence-electron chi connectivity index (χ4n) is 0.799. The van der Waals surface area contributed by atoms with Crippen molar-refractivity contribution in [3.63, 3.8) is 0 Å². The molecule has 1 heteroatoms. The fraction of sp³-hybridized carbons (Fsp3) is 0.222. The molecule has 0 aromatic heterocycles. The third kappa shape index (κ3) is 1.56. The minimum atomic E-state index is -0.168. The summed E-state index contributed by atoms with van der Waals surface area (Å²) in [5.41, 5.74) is 0.972. The van der Waals surface area contributed by atoms with Crippen molar-refractivity contribution in [2.75, 3.05) is 0 Å². The molecule has 0 nitrogen and oxygen atoms in total.